The zero-order valence-corrected chi connectivity index (χ0v) is 14.0. The number of amides is 2. The molecule has 1 saturated carbocycles. The van der Waals surface area contributed by atoms with Crippen molar-refractivity contribution in [2.45, 2.75) is 19.9 Å². The molecule has 1 aromatic carbocycles. The quantitative estimate of drug-likeness (QED) is 0.882. The first-order valence-electron chi connectivity index (χ1n) is 8.62. The average Bonchev–Trinajstić information content (AvgIpc) is 3.41. The number of nitrogens with zero attached hydrogens (tertiary/aromatic N) is 2. The zero-order chi connectivity index (χ0) is 17.1. The van der Waals surface area contributed by atoms with E-state index in [-0.39, 0.29) is 36.0 Å². The van der Waals surface area contributed by atoms with Crippen LogP contribution in [0.5, 0.6) is 0 Å². The molecule has 2 fully saturated rings. The Hall–Kier alpha value is -1.95. The van der Waals surface area contributed by atoms with Gasteiger partial charge in [0.2, 0.25) is 11.8 Å². The molecule has 1 saturated heterocycles. The van der Waals surface area contributed by atoms with Crippen molar-refractivity contribution in [2.24, 2.45) is 11.8 Å². The standard InChI is InChI=1S/C18H24FN3O2/c1-2-21-7-9-22(10-8-21)18(24)15-11-14(15)17(23)20-12-13-5-3-4-6-16(13)19/h3-6,14-15H,2,7-12H2,1H3,(H,20,23). The second-order valence-corrected chi connectivity index (χ2v) is 6.52. The zero-order valence-electron chi connectivity index (χ0n) is 14.0. The minimum atomic E-state index is -0.324. The summed E-state index contributed by atoms with van der Waals surface area (Å²) in [5, 5.41) is 2.75. The highest BCUT2D eigenvalue weighted by atomic mass is 19.1. The van der Waals surface area contributed by atoms with Crippen LogP contribution in [0.4, 0.5) is 4.39 Å². The van der Waals surface area contributed by atoms with Gasteiger partial charge in [-0.2, -0.15) is 0 Å². The third-order valence-corrected chi connectivity index (χ3v) is 4.99. The van der Waals surface area contributed by atoms with Gasteiger partial charge in [-0.25, -0.2) is 4.39 Å². The monoisotopic (exact) mass is 333 g/mol. The Kier molecular flexibility index (Phi) is 5.14. The van der Waals surface area contributed by atoms with Gasteiger partial charge in [-0.3, -0.25) is 9.59 Å². The molecule has 2 amide bonds. The van der Waals surface area contributed by atoms with Gasteiger partial charge >= 0.3 is 0 Å². The number of piperazine rings is 1. The largest absolute Gasteiger partial charge is 0.352 e. The molecule has 5 nitrogen and oxygen atoms in total. The first-order valence-corrected chi connectivity index (χ1v) is 8.62. The average molecular weight is 333 g/mol. The molecule has 2 aliphatic rings. The number of rotatable bonds is 5. The van der Waals surface area contributed by atoms with Crippen LogP contribution < -0.4 is 5.32 Å². The Balaban J connectivity index is 1.45. The highest BCUT2D eigenvalue weighted by Gasteiger charge is 2.49. The molecule has 1 aliphatic carbocycles. The smallest absolute Gasteiger partial charge is 0.226 e. The number of likely N-dealkylation sites (N-methyl/N-ethyl adjacent to an activating group) is 1. The van der Waals surface area contributed by atoms with E-state index in [0.717, 1.165) is 32.7 Å². The van der Waals surface area contributed by atoms with E-state index in [0.29, 0.717) is 12.0 Å². The van der Waals surface area contributed by atoms with Gasteiger partial charge in [0, 0.05) is 38.3 Å². The molecule has 0 aromatic heterocycles. The van der Waals surface area contributed by atoms with E-state index in [1.54, 1.807) is 18.2 Å². The van der Waals surface area contributed by atoms with Crippen molar-refractivity contribution >= 4 is 11.8 Å². The summed E-state index contributed by atoms with van der Waals surface area (Å²) >= 11 is 0. The number of carbonyl (C=O) groups is 2. The lowest BCUT2D eigenvalue weighted by Gasteiger charge is -2.34. The summed E-state index contributed by atoms with van der Waals surface area (Å²) in [6.07, 6.45) is 0.607. The summed E-state index contributed by atoms with van der Waals surface area (Å²) in [5.41, 5.74) is 0.463. The third kappa shape index (κ3) is 3.75. The highest BCUT2D eigenvalue weighted by Crippen LogP contribution is 2.40. The van der Waals surface area contributed by atoms with Gasteiger partial charge in [-0.15, -0.1) is 0 Å². The Bertz CT molecular complexity index is 614. The van der Waals surface area contributed by atoms with Crippen molar-refractivity contribution in [1.29, 1.82) is 0 Å². The predicted molar refractivity (Wildman–Crippen MR) is 88.5 cm³/mol. The van der Waals surface area contributed by atoms with Gasteiger partial charge in [0.1, 0.15) is 5.82 Å². The highest BCUT2D eigenvalue weighted by molar-refractivity contribution is 5.92. The molecule has 1 heterocycles. The number of halogens is 1. The molecule has 6 heteroatoms. The molecule has 1 aromatic rings. The van der Waals surface area contributed by atoms with E-state index in [1.165, 1.54) is 6.07 Å². The van der Waals surface area contributed by atoms with Crippen molar-refractivity contribution in [2.75, 3.05) is 32.7 Å². The molecular formula is C18H24FN3O2. The van der Waals surface area contributed by atoms with Crippen LogP contribution in [-0.2, 0) is 16.1 Å². The van der Waals surface area contributed by atoms with Crippen LogP contribution in [0.15, 0.2) is 24.3 Å². The van der Waals surface area contributed by atoms with E-state index in [4.69, 9.17) is 0 Å². The summed E-state index contributed by atoms with van der Waals surface area (Å²) in [5.74, 6) is -0.831. The minimum Gasteiger partial charge on any atom is -0.352 e. The molecule has 0 radical (unpaired) electrons. The van der Waals surface area contributed by atoms with E-state index in [2.05, 4.69) is 17.1 Å². The van der Waals surface area contributed by atoms with Crippen molar-refractivity contribution in [3.05, 3.63) is 35.6 Å². The van der Waals surface area contributed by atoms with Gasteiger partial charge in [0.25, 0.3) is 0 Å². The molecule has 130 valence electrons. The molecule has 2 atom stereocenters. The lowest BCUT2D eigenvalue weighted by molar-refractivity contribution is -0.136. The molecule has 1 N–H and O–H groups in total. The van der Waals surface area contributed by atoms with Crippen molar-refractivity contribution in [3.8, 4) is 0 Å². The predicted octanol–water partition coefficient (Wildman–Crippen LogP) is 1.24. The first kappa shape index (κ1) is 16.9. The van der Waals surface area contributed by atoms with Gasteiger partial charge in [-0.05, 0) is 19.0 Å². The van der Waals surface area contributed by atoms with Gasteiger partial charge in [-0.1, -0.05) is 25.1 Å². The van der Waals surface area contributed by atoms with Gasteiger partial charge in [0.15, 0.2) is 0 Å². The number of hydrogen-bond acceptors (Lipinski definition) is 3. The second kappa shape index (κ2) is 7.30. The van der Waals surface area contributed by atoms with E-state index < -0.39 is 0 Å². The maximum atomic E-state index is 13.5. The molecule has 2 unspecified atom stereocenters. The Labute approximate surface area is 141 Å². The second-order valence-electron chi connectivity index (χ2n) is 6.52. The molecule has 3 rings (SSSR count). The lowest BCUT2D eigenvalue weighted by atomic mass is 10.2. The molecule has 24 heavy (non-hydrogen) atoms. The topological polar surface area (TPSA) is 52.7 Å². The fourth-order valence-electron chi connectivity index (χ4n) is 3.23. The fourth-order valence-corrected chi connectivity index (χ4v) is 3.23. The van der Waals surface area contributed by atoms with Crippen LogP contribution in [0.2, 0.25) is 0 Å². The third-order valence-electron chi connectivity index (χ3n) is 4.99. The lowest BCUT2D eigenvalue weighted by Crippen LogP contribution is -2.49. The van der Waals surface area contributed by atoms with E-state index >= 15 is 0 Å². The van der Waals surface area contributed by atoms with Crippen LogP contribution in [0.25, 0.3) is 0 Å². The SMILES string of the molecule is CCN1CCN(C(=O)C2CC2C(=O)NCc2ccccc2F)CC1. The van der Waals surface area contributed by atoms with Crippen LogP contribution in [0.1, 0.15) is 18.9 Å². The van der Waals surface area contributed by atoms with Gasteiger partial charge < -0.3 is 15.1 Å². The Morgan fingerprint density at radius 2 is 1.88 bits per heavy atom. The van der Waals surface area contributed by atoms with Crippen LogP contribution in [-0.4, -0.2) is 54.3 Å². The van der Waals surface area contributed by atoms with Crippen LogP contribution >= 0.6 is 0 Å². The van der Waals surface area contributed by atoms with Gasteiger partial charge in [0.05, 0.1) is 11.8 Å². The maximum absolute atomic E-state index is 13.5. The summed E-state index contributed by atoms with van der Waals surface area (Å²) in [4.78, 5) is 28.8. The van der Waals surface area contributed by atoms with Crippen LogP contribution in [0, 0.1) is 17.7 Å². The van der Waals surface area contributed by atoms with Crippen molar-refractivity contribution < 1.29 is 14.0 Å². The Morgan fingerprint density at radius 1 is 1.17 bits per heavy atom. The van der Waals surface area contributed by atoms with Crippen LogP contribution in [0.3, 0.4) is 0 Å². The molecular weight excluding hydrogens is 309 g/mol. The maximum Gasteiger partial charge on any atom is 0.226 e. The summed E-state index contributed by atoms with van der Waals surface area (Å²) in [6, 6.07) is 6.39. The fraction of sp³-hybridized carbons (Fsp3) is 0.556. The molecule has 0 bridgehead atoms. The summed E-state index contributed by atoms with van der Waals surface area (Å²) < 4.78 is 13.5. The number of nitrogens with one attached hydrogen (secondary N) is 1. The normalized spacial score (nSPS) is 23.8. The first-order chi connectivity index (χ1) is 11.6. The van der Waals surface area contributed by atoms with Crippen molar-refractivity contribution in [3.63, 3.8) is 0 Å². The summed E-state index contributed by atoms with van der Waals surface area (Å²) in [7, 11) is 0. The number of hydrogen-bond donors (Lipinski definition) is 1. The molecule has 1 aliphatic heterocycles. The number of benzene rings is 1. The van der Waals surface area contributed by atoms with Crippen molar-refractivity contribution in [1.82, 2.24) is 15.1 Å². The summed E-state index contributed by atoms with van der Waals surface area (Å²) in [6.45, 7) is 6.58. The van der Waals surface area contributed by atoms with E-state index in [9.17, 15) is 14.0 Å². The van der Waals surface area contributed by atoms with E-state index in [1.807, 2.05) is 4.90 Å². The Morgan fingerprint density at radius 3 is 2.54 bits per heavy atom. The minimum absolute atomic E-state index is 0.0943. The molecule has 0 spiro atoms. The number of carbonyl (C=O) groups excluding carboxylic acids is 2.